The van der Waals surface area contributed by atoms with Gasteiger partial charge >= 0.3 is 6.03 Å². The van der Waals surface area contributed by atoms with Gasteiger partial charge in [-0.15, -0.1) is 11.3 Å². The number of amides is 2. The highest BCUT2D eigenvalue weighted by molar-refractivity contribution is 7.11. The molecule has 23 heavy (non-hydrogen) atoms. The third kappa shape index (κ3) is 5.03. The number of hydrogen-bond acceptors (Lipinski definition) is 5. The molecular formula is C15H18N4O3S. The summed E-state index contributed by atoms with van der Waals surface area (Å²) < 4.78 is 0. The fourth-order valence-corrected chi connectivity index (χ4v) is 2.84. The van der Waals surface area contributed by atoms with Crippen LogP contribution in [0, 0.1) is 24.0 Å². The van der Waals surface area contributed by atoms with Gasteiger partial charge in [0.15, 0.2) is 0 Å². The smallest absolute Gasteiger partial charge is 0.315 e. The van der Waals surface area contributed by atoms with Crippen molar-refractivity contribution in [3.63, 3.8) is 0 Å². The van der Waals surface area contributed by atoms with Gasteiger partial charge in [-0.2, -0.15) is 0 Å². The van der Waals surface area contributed by atoms with Crippen LogP contribution in [0.3, 0.4) is 0 Å². The number of thiazole rings is 1. The van der Waals surface area contributed by atoms with Gasteiger partial charge in [-0.1, -0.05) is 12.1 Å². The van der Waals surface area contributed by atoms with Crippen molar-refractivity contribution in [2.75, 3.05) is 6.54 Å². The van der Waals surface area contributed by atoms with Gasteiger partial charge in [-0.25, -0.2) is 9.78 Å². The summed E-state index contributed by atoms with van der Waals surface area (Å²) in [6.07, 6.45) is 0.699. The van der Waals surface area contributed by atoms with Crippen molar-refractivity contribution in [2.24, 2.45) is 0 Å². The monoisotopic (exact) mass is 334 g/mol. The van der Waals surface area contributed by atoms with E-state index in [-0.39, 0.29) is 11.7 Å². The van der Waals surface area contributed by atoms with Crippen LogP contribution in [0.4, 0.5) is 10.5 Å². The Kier molecular flexibility index (Phi) is 5.64. The van der Waals surface area contributed by atoms with Crippen LogP contribution < -0.4 is 10.6 Å². The standard InChI is InChI=1S/C15H18N4O3S/c1-10-11(2)23-14(18-10)7-8-16-15(20)17-9-12-3-5-13(6-4-12)19(21)22/h3-6H,7-9H2,1-2H3,(H2,16,17,20). The second kappa shape index (κ2) is 7.68. The molecule has 7 nitrogen and oxygen atoms in total. The van der Waals surface area contributed by atoms with E-state index in [2.05, 4.69) is 15.6 Å². The van der Waals surface area contributed by atoms with Crippen LogP contribution in [-0.4, -0.2) is 22.5 Å². The molecule has 2 N–H and O–H groups in total. The number of benzene rings is 1. The minimum Gasteiger partial charge on any atom is -0.338 e. The van der Waals surface area contributed by atoms with E-state index in [0.717, 1.165) is 16.3 Å². The molecule has 122 valence electrons. The molecule has 0 saturated carbocycles. The fourth-order valence-electron chi connectivity index (χ4n) is 1.91. The maximum absolute atomic E-state index is 11.7. The highest BCUT2D eigenvalue weighted by atomic mass is 32.1. The number of hydrogen-bond donors (Lipinski definition) is 2. The van der Waals surface area contributed by atoms with Gasteiger partial charge in [-0.3, -0.25) is 10.1 Å². The number of aryl methyl sites for hydroxylation is 2. The van der Waals surface area contributed by atoms with Crippen LogP contribution in [0.25, 0.3) is 0 Å². The third-order valence-electron chi connectivity index (χ3n) is 3.30. The Labute approximate surface area is 137 Å². The predicted molar refractivity (Wildman–Crippen MR) is 88.6 cm³/mol. The minimum absolute atomic E-state index is 0.0345. The molecule has 1 aromatic carbocycles. The number of nitrogens with one attached hydrogen (secondary N) is 2. The number of nitrogens with zero attached hydrogens (tertiary/aromatic N) is 2. The molecule has 0 aliphatic carbocycles. The van der Waals surface area contributed by atoms with E-state index < -0.39 is 4.92 Å². The van der Waals surface area contributed by atoms with Gasteiger partial charge in [0.25, 0.3) is 5.69 Å². The highest BCUT2D eigenvalue weighted by Crippen LogP contribution is 2.16. The maximum Gasteiger partial charge on any atom is 0.315 e. The zero-order chi connectivity index (χ0) is 16.8. The number of nitro groups is 1. The fraction of sp³-hybridized carbons (Fsp3) is 0.333. The molecular weight excluding hydrogens is 316 g/mol. The largest absolute Gasteiger partial charge is 0.338 e. The summed E-state index contributed by atoms with van der Waals surface area (Å²) in [4.78, 5) is 27.4. The molecule has 0 fully saturated rings. The van der Waals surface area contributed by atoms with E-state index in [1.165, 1.54) is 17.0 Å². The predicted octanol–water partition coefficient (Wildman–Crippen LogP) is 2.71. The molecule has 0 saturated heterocycles. The molecule has 2 aromatic rings. The molecule has 0 spiro atoms. The Balaban J connectivity index is 1.71. The molecule has 0 atom stereocenters. The first kappa shape index (κ1) is 16.9. The zero-order valence-electron chi connectivity index (χ0n) is 13.0. The molecule has 0 radical (unpaired) electrons. The summed E-state index contributed by atoms with van der Waals surface area (Å²) in [5.41, 5.74) is 1.87. The first-order valence-electron chi connectivity index (χ1n) is 7.13. The average Bonchev–Trinajstić information content (AvgIpc) is 2.84. The number of urea groups is 1. The number of non-ortho nitro benzene ring substituents is 1. The highest BCUT2D eigenvalue weighted by Gasteiger charge is 2.06. The Hall–Kier alpha value is -2.48. The summed E-state index contributed by atoms with van der Waals surface area (Å²) in [7, 11) is 0. The molecule has 2 amide bonds. The van der Waals surface area contributed by atoms with Gasteiger partial charge in [0.1, 0.15) is 0 Å². The third-order valence-corrected chi connectivity index (χ3v) is 4.43. The zero-order valence-corrected chi connectivity index (χ0v) is 13.8. The van der Waals surface area contributed by atoms with Crippen molar-refractivity contribution in [2.45, 2.75) is 26.8 Å². The van der Waals surface area contributed by atoms with Gasteiger partial charge in [0.05, 0.1) is 15.6 Å². The number of nitro benzene ring substituents is 1. The first-order valence-corrected chi connectivity index (χ1v) is 7.95. The quantitative estimate of drug-likeness (QED) is 0.627. The van der Waals surface area contributed by atoms with Gasteiger partial charge in [0.2, 0.25) is 0 Å². The second-order valence-corrected chi connectivity index (χ2v) is 6.32. The van der Waals surface area contributed by atoms with Crippen molar-refractivity contribution in [3.05, 3.63) is 55.5 Å². The lowest BCUT2D eigenvalue weighted by molar-refractivity contribution is -0.384. The van der Waals surface area contributed by atoms with Crippen molar-refractivity contribution in [3.8, 4) is 0 Å². The van der Waals surface area contributed by atoms with Crippen LogP contribution in [0.5, 0.6) is 0 Å². The molecule has 0 aliphatic rings. The number of rotatable bonds is 6. The molecule has 0 aliphatic heterocycles. The Morgan fingerprint density at radius 3 is 2.52 bits per heavy atom. The van der Waals surface area contributed by atoms with Crippen LogP contribution in [0.2, 0.25) is 0 Å². The van der Waals surface area contributed by atoms with E-state index in [1.807, 2.05) is 13.8 Å². The molecule has 1 heterocycles. The van der Waals surface area contributed by atoms with E-state index in [0.29, 0.717) is 19.5 Å². The van der Waals surface area contributed by atoms with Crippen LogP contribution in [0.1, 0.15) is 21.1 Å². The minimum atomic E-state index is -0.452. The summed E-state index contributed by atoms with van der Waals surface area (Å²) in [5.74, 6) is 0. The normalized spacial score (nSPS) is 10.3. The first-order chi connectivity index (χ1) is 11.0. The Morgan fingerprint density at radius 2 is 1.96 bits per heavy atom. The molecule has 0 bridgehead atoms. The summed E-state index contributed by atoms with van der Waals surface area (Å²) in [5, 5.41) is 17.0. The van der Waals surface area contributed by atoms with E-state index in [1.54, 1.807) is 23.5 Å². The lowest BCUT2D eigenvalue weighted by atomic mass is 10.2. The topological polar surface area (TPSA) is 97.2 Å². The molecule has 2 rings (SSSR count). The van der Waals surface area contributed by atoms with Crippen LogP contribution >= 0.6 is 11.3 Å². The number of aromatic nitrogens is 1. The lowest BCUT2D eigenvalue weighted by Gasteiger charge is -2.07. The lowest BCUT2D eigenvalue weighted by Crippen LogP contribution is -2.36. The molecule has 0 unspecified atom stereocenters. The maximum atomic E-state index is 11.7. The van der Waals surface area contributed by atoms with Gasteiger partial charge in [-0.05, 0) is 19.4 Å². The summed E-state index contributed by atoms with van der Waals surface area (Å²) >= 11 is 1.64. The van der Waals surface area contributed by atoms with E-state index in [9.17, 15) is 14.9 Å². The molecule has 1 aromatic heterocycles. The molecule has 8 heteroatoms. The van der Waals surface area contributed by atoms with Gasteiger partial charge < -0.3 is 10.6 Å². The average molecular weight is 334 g/mol. The van der Waals surface area contributed by atoms with Crippen molar-refractivity contribution in [1.29, 1.82) is 0 Å². The van der Waals surface area contributed by atoms with Crippen molar-refractivity contribution >= 4 is 23.1 Å². The van der Waals surface area contributed by atoms with E-state index in [4.69, 9.17) is 0 Å². The van der Waals surface area contributed by atoms with Crippen LogP contribution in [-0.2, 0) is 13.0 Å². The Bertz CT molecular complexity index is 678. The summed E-state index contributed by atoms with van der Waals surface area (Å²) in [6, 6.07) is 5.82. The SMILES string of the molecule is Cc1nc(CCNC(=O)NCc2ccc([N+](=O)[O-])cc2)sc1C. The van der Waals surface area contributed by atoms with E-state index >= 15 is 0 Å². The van der Waals surface area contributed by atoms with Crippen LogP contribution in [0.15, 0.2) is 24.3 Å². The second-order valence-electron chi connectivity index (χ2n) is 5.03. The van der Waals surface area contributed by atoms with Crippen molar-refractivity contribution in [1.82, 2.24) is 15.6 Å². The number of carbonyl (C=O) groups is 1. The van der Waals surface area contributed by atoms with Crippen molar-refractivity contribution < 1.29 is 9.72 Å². The summed E-state index contributed by atoms with van der Waals surface area (Å²) in [6.45, 7) is 4.83. The number of carbonyl (C=O) groups excluding carboxylic acids is 1. The Morgan fingerprint density at radius 1 is 1.26 bits per heavy atom. The van der Waals surface area contributed by atoms with Gasteiger partial charge in [0, 0.05) is 36.5 Å².